The molecule has 2 unspecified atom stereocenters. The van der Waals surface area contributed by atoms with Crippen molar-refractivity contribution in [2.24, 2.45) is 0 Å². The lowest BCUT2D eigenvalue weighted by Crippen LogP contribution is -2.64. The van der Waals surface area contributed by atoms with Crippen molar-refractivity contribution in [1.82, 2.24) is 9.80 Å². The van der Waals surface area contributed by atoms with Gasteiger partial charge in [-0.3, -0.25) is 9.80 Å². The fraction of sp³-hybridized carbons (Fsp3) is 0.571. The van der Waals surface area contributed by atoms with E-state index in [1.165, 1.54) is 5.56 Å². The van der Waals surface area contributed by atoms with Crippen LogP contribution in [0, 0.1) is 0 Å². The van der Waals surface area contributed by atoms with Crippen LogP contribution in [0.3, 0.4) is 0 Å². The number of hydrogen-bond donors (Lipinski definition) is 1. The minimum atomic E-state index is -0.271. The van der Waals surface area contributed by atoms with E-state index in [0.29, 0.717) is 6.04 Å². The Morgan fingerprint density at radius 3 is 2.56 bits per heavy atom. The molecule has 98 valence electrons. The molecule has 3 fully saturated rings. The molecule has 3 nitrogen and oxygen atoms in total. The molecule has 3 aliphatic heterocycles. The summed E-state index contributed by atoms with van der Waals surface area (Å²) < 4.78 is 1.10. The molecule has 1 N–H and O–H groups in total. The summed E-state index contributed by atoms with van der Waals surface area (Å²) in [5, 5.41) is 10.5. The second-order valence-electron chi connectivity index (χ2n) is 5.27. The number of aliphatic hydroxyl groups excluding tert-OH is 1. The highest BCUT2D eigenvalue weighted by Crippen LogP contribution is 2.23. The lowest BCUT2D eigenvalue weighted by atomic mass is 9.97. The van der Waals surface area contributed by atoms with Crippen molar-refractivity contribution >= 4 is 15.9 Å². The molecule has 0 spiro atoms. The van der Waals surface area contributed by atoms with Crippen molar-refractivity contribution in [2.75, 3.05) is 32.7 Å². The predicted molar refractivity (Wildman–Crippen MR) is 75.7 cm³/mol. The van der Waals surface area contributed by atoms with E-state index in [0.717, 1.165) is 43.6 Å². The van der Waals surface area contributed by atoms with Gasteiger partial charge >= 0.3 is 0 Å². The highest BCUT2D eigenvalue weighted by Gasteiger charge is 2.35. The molecule has 0 radical (unpaired) electrons. The number of aliphatic hydroxyl groups is 1. The maximum Gasteiger partial charge on any atom is 0.0748 e. The summed E-state index contributed by atoms with van der Waals surface area (Å²) in [7, 11) is 0. The first-order valence-corrected chi connectivity index (χ1v) is 7.41. The van der Waals surface area contributed by atoms with Crippen molar-refractivity contribution in [1.29, 1.82) is 0 Å². The molecule has 3 saturated heterocycles. The van der Waals surface area contributed by atoms with Gasteiger partial charge in [-0.05, 0) is 11.6 Å². The van der Waals surface area contributed by atoms with Crippen LogP contribution >= 0.6 is 15.9 Å². The number of nitrogens with zero attached hydrogens (tertiary/aromatic N) is 2. The second kappa shape index (κ2) is 5.29. The standard InChI is InChI=1S/C14H19BrN2O/c15-12-4-2-1-3-11(12)9-14(18)13-10-16-5-7-17(13)8-6-16/h1-4,13-14,18H,5-10H2. The third-order valence-corrected chi connectivity index (χ3v) is 4.93. The topological polar surface area (TPSA) is 26.7 Å². The molecule has 2 atom stereocenters. The number of fused-ring (bicyclic) bond motifs is 3. The van der Waals surface area contributed by atoms with Crippen molar-refractivity contribution in [3.63, 3.8) is 0 Å². The van der Waals surface area contributed by atoms with Crippen molar-refractivity contribution < 1.29 is 5.11 Å². The number of rotatable bonds is 3. The Bertz CT molecular complexity index is 418. The number of piperazine rings is 3. The summed E-state index contributed by atoms with van der Waals surface area (Å²) in [6, 6.07) is 8.48. The zero-order chi connectivity index (χ0) is 12.5. The quantitative estimate of drug-likeness (QED) is 0.913. The first-order chi connectivity index (χ1) is 8.74. The summed E-state index contributed by atoms with van der Waals surface area (Å²) in [5.41, 5.74) is 1.20. The molecular weight excluding hydrogens is 292 g/mol. The molecule has 0 saturated carbocycles. The third kappa shape index (κ3) is 2.48. The molecule has 4 heteroatoms. The fourth-order valence-electron chi connectivity index (χ4n) is 3.05. The van der Waals surface area contributed by atoms with Gasteiger partial charge in [0.15, 0.2) is 0 Å². The van der Waals surface area contributed by atoms with E-state index >= 15 is 0 Å². The fourth-order valence-corrected chi connectivity index (χ4v) is 3.49. The molecule has 3 aliphatic rings. The Labute approximate surface area is 117 Å². The Hall–Kier alpha value is -0.420. The Balaban J connectivity index is 1.68. The molecule has 0 aromatic heterocycles. The number of hydrogen-bond acceptors (Lipinski definition) is 3. The summed E-state index contributed by atoms with van der Waals surface area (Å²) in [5.74, 6) is 0. The largest absolute Gasteiger partial charge is 0.391 e. The van der Waals surface area contributed by atoms with E-state index in [4.69, 9.17) is 0 Å². The molecule has 2 bridgehead atoms. The van der Waals surface area contributed by atoms with Gasteiger partial charge in [-0.2, -0.15) is 0 Å². The first-order valence-electron chi connectivity index (χ1n) is 6.62. The summed E-state index contributed by atoms with van der Waals surface area (Å²) in [4.78, 5) is 4.91. The Morgan fingerprint density at radius 1 is 1.22 bits per heavy atom. The van der Waals surface area contributed by atoms with E-state index in [9.17, 15) is 5.11 Å². The molecule has 0 amide bonds. The van der Waals surface area contributed by atoms with Gasteiger partial charge in [-0.1, -0.05) is 34.1 Å². The van der Waals surface area contributed by atoms with Crippen LogP contribution in [0.25, 0.3) is 0 Å². The van der Waals surface area contributed by atoms with Crippen LogP contribution in [-0.4, -0.2) is 59.8 Å². The highest BCUT2D eigenvalue weighted by molar-refractivity contribution is 9.10. The Kier molecular flexibility index (Phi) is 3.71. The lowest BCUT2D eigenvalue weighted by Gasteiger charge is -2.49. The smallest absolute Gasteiger partial charge is 0.0748 e. The second-order valence-corrected chi connectivity index (χ2v) is 6.12. The predicted octanol–water partition coefficient (Wildman–Crippen LogP) is 1.35. The average Bonchev–Trinajstić information content (AvgIpc) is 2.42. The molecule has 4 rings (SSSR count). The van der Waals surface area contributed by atoms with E-state index < -0.39 is 0 Å². The van der Waals surface area contributed by atoms with Crippen molar-refractivity contribution in [3.8, 4) is 0 Å². The monoisotopic (exact) mass is 310 g/mol. The highest BCUT2D eigenvalue weighted by atomic mass is 79.9. The van der Waals surface area contributed by atoms with Crippen LogP contribution < -0.4 is 0 Å². The van der Waals surface area contributed by atoms with E-state index in [1.807, 2.05) is 18.2 Å². The van der Waals surface area contributed by atoms with E-state index in [-0.39, 0.29) is 6.10 Å². The minimum absolute atomic E-state index is 0.271. The van der Waals surface area contributed by atoms with Crippen molar-refractivity contribution in [3.05, 3.63) is 34.3 Å². The van der Waals surface area contributed by atoms with Gasteiger partial charge in [0.05, 0.1) is 6.10 Å². The van der Waals surface area contributed by atoms with Crippen molar-refractivity contribution in [2.45, 2.75) is 18.6 Å². The molecule has 3 heterocycles. The van der Waals surface area contributed by atoms with E-state index in [1.54, 1.807) is 0 Å². The minimum Gasteiger partial charge on any atom is -0.391 e. The van der Waals surface area contributed by atoms with Gasteiger partial charge in [-0.15, -0.1) is 0 Å². The zero-order valence-electron chi connectivity index (χ0n) is 10.4. The molecular formula is C14H19BrN2O. The van der Waals surface area contributed by atoms with Crippen LogP contribution in [-0.2, 0) is 6.42 Å². The van der Waals surface area contributed by atoms with Gasteiger partial charge in [0.25, 0.3) is 0 Å². The zero-order valence-corrected chi connectivity index (χ0v) is 12.0. The van der Waals surface area contributed by atoms with Crippen LogP contribution in [0.4, 0.5) is 0 Å². The number of halogens is 1. The average molecular weight is 311 g/mol. The molecule has 1 aromatic carbocycles. The summed E-state index contributed by atoms with van der Waals surface area (Å²) >= 11 is 3.55. The van der Waals surface area contributed by atoms with Gasteiger partial charge in [-0.25, -0.2) is 0 Å². The van der Waals surface area contributed by atoms with E-state index in [2.05, 4.69) is 31.8 Å². The lowest BCUT2D eigenvalue weighted by molar-refractivity contribution is -0.0453. The molecule has 1 aromatic rings. The van der Waals surface area contributed by atoms with Gasteiger partial charge in [0, 0.05) is 49.7 Å². The third-order valence-electron chi connectivity index (χ3n) is 4.15. The van der Waals surface area contributed by atoms with Crippen LogP contribution in [0.1, 0.15) is 5.56 Å². The normalized spacial score (nSPS) is 32.4. The maximum absolute atomic E-state index is 10.5. The summed E-state index contributed by atoms with van der Waals surface area (Å²) in [6.45, 7) is 5.57. The molecule has 18 heavy (non-hydrogen) atoms. The molecule has 0 aliphatic carbocycles. The SMILES string of the molecule is OC(Cc1ccccc1Br)C1CN2CCN1CC2. The first kappa shape index (κ1) is 12.6. The number of benzene rings is 1. The van der Waals surface area contributed by atoms with Crippen LogP contribution in [0.5, 0.6) is 0 Å². The van der Waals surface area contributed by atoms with Crippen LogP contribution in [0.2, 0.25) is 0 Å². The maximum atomic E-state index is 10.5. The Morgan fingerprint density at radius 2 is 1.94 bits per heavy atom. The van der Waals surface area contributed by atoms with Gasteiger partial charge in [0.2, 0.25) is 0 Å². The van der Waals surface area contributed by atoms with Crippen LogP contribution in [0.15, 0.2) is 28.7 Å². The van der Waals surface area contributed by atoms with Gasteiger partial charge < -0.3 is 5.11 Å². The summed E-state index contributed by atoms with van der Waals surface area (Å²) in [6.07, 6.45) is 0.461. The van der Waals surface area contributed by atoms with Gasteiger partial charge in [0.1, 0.15) is 0 Å².